The lowest BCUT2D eigenvalue weighted by Crippen LogP contribution is -2.36. The number of hydrogen-bond acceptors (Lipinski definition) is 8. The molecule has 7 nitrogen and oxygen atoms in total. The third kappa shape index (κ3) is 5.19. The van der Waals surface area contributed by atoms with E-state index < -0.39 is 0 Å². The molecule has 2 aromatic heterocycles. The molecule has 1 unspecified atom stereocenters. The summed E-state index contributed by atoms with van der Waals surface area (Å²) in [6, 6.07) is 22.4. The Kier molecular flexibility index (Phi) is 7.16. The molecule has 0 aliphatic carbocycles. The van der Waals surface area contributed by atoms with Crippen molar-refractivity contribution in [3.8, 4) is 11.3 Å². The summed E-state index contributed by atoms with van der Waals surface area (Å²) in [7, 11) is 0. The molecule has 9 heteroatoms. The fraction of sp³-hybridized carbons (Fsp3) is 0.241. The summed E-state index contributed by atoms with van der Waals surface area (Å²) in [5.74, 6) is 0. The number of fused-ring (bicyclic) bond motifs is 2. The molecule has 1 fully saturated rings. The van der Waals surface area contributed by atoms with Gasteiger partial charge in [-0.15, -0.1) is 0 Å². The second-order valence-electron chi connectivity index (χ2n) is 9.35. The summed E-state index contributed by atoms with van der Waals surface area (Å²) in [4.78, 5) is 27.3. The number of rotatable bonds is 6. The van der Waals surface area contributed by atoms with Crippen molar-refractivity contribution in [2.24, 2.45) is 5.73 Å². The number of aromatic amines is 1. The number of anilines is 2. The smallest absolute Gasteiger partial charge is 0.250 e. The lowest BCUT2D eigenvalue weighted by molar-refractivity contribution is 0.122. The van der Waals surface area contributed by atoms with Crippen LogP contribution in [-0.4, -0.2) is 42.8 Å². The normalized spacial score (nSPS) is 15.5. The number of aryl methyl sites for hydroxylation is 1. The van der Waals surface area contributed by atoms with Gasteiger partial charge in [-0.3, -0.25) is 9.78 Å². The molecular formula is C29H29N5O2S2. The molecule has 2 aromatic carbocycles. The van der Waals surface area contributed by atoms with Crippen molar-refractivity contribution in [2.45, 2.75) is 32.5 Å². The first-order valence-corrected chi connectivity index (χ1v) is 14.3. The SMILES string of the molecule is Cc1cccc(C(CN)Nc2ccc3c(c2)Sc2cccc(-c4cc(N5CCOCC5)cc(=O)[nH]4)c2S3)n1. The number of morpholine rings is 1. The van der Waals surface area contributed by atoms with Gasteiger partial charge in [0.15, 0.2) is 0 Å². The molecule has 4 N–H and O–H groups in total. The van der Waals surface area contributed by atoms with Gasteiger partial charge in [-0.2, -0.15) is 0 Å². The van der Waals surface area contributed by atoms with Crippen LogP contribution >= 0.6 is 23.5 Å². The number of hydrogen-bond donors (Lipinski definition) is 3. The quantitative estimate of drug-likeness (QED) is 0.265. The van der Waals surface area contributed by atoms with E-state index in [1.54, 1.807) is 29.6 Å². The van der Waals surface area contributed by atoms with E-state index >= 15 is 0 Å². The van der Waals surface area contributed by atoms with Crippen molar-refractivity contribution in [2.75, 3.05) is 43.1 Å². The number of nitrogens with one attached hydrogen (secondary N) is 2. The number of benzene rings is 2. The Morgan fingerprint density at radius 3 is 2.68 bits per heavy atom. The molecule has 0 amide bonds. The van der Waals surface area contributed by atoms with Crippen molar-refractivity contribution < 1.29 is 4.74 Å². The highest BCUT2D eigenvalue weighted by Crippen LogP contribution is 2.52. The van der Waals surface area contributed by atoms with Crippen LogP contribution in [0.2, 0.25) is 0 Å². The molecule has 2 aliphatic rings. The molecule has 194 valence electrons. The van der Waals surface area contributed by atoms with E-state index in [1.807, 2.05) is 25.1 Å². The highest BCUT2D eigenvalue weighted by molar-refractivity contribution is 8.05. The zero-order valence-electron chi connectivity index (χ0n) is 21.1. The van der Waals surface area contributed by atoms with Gasteiger partial charge in [-0.05, 0) is 49.4 Å². The standard InChI is InChI=1S/C29H29N5O2S2/c1-18-4-2-6-22(31-18)24(17-30)32-19-8-9-25-27(14-19)37-26-7-3-5-21(29(26)38-25)23-15-20(16-28(35)33-23)34-10-12-36-13-11-34/h2-9,14-16,24,32H,10-13,17,30H2,1H3,(H,33,35). The summed E-state index contributed by atoms with van der Waals surface area (Å²) < 4.78 is 5.49. The Balaban J connectivity index is 1.28. The van der Waals surface area contributed by atoms with Gasteiger partial charge in [0.25, 0.3) is 0 Å². The Labute approximate surface area is 230 Å². The second kappa shape index (κ2) is 10.9. The third-order valence-corrected chi connectivity index (χ3v) is 9.29. The summed E-state index contributed by atoms with van der Waals surface area (Å²) in [6.07, 6.45) is 0. The summed E-state index contributed by atoms with van der Waals surface area (Å²) in [6.45, 7) is 5.37. The molecule has 1 atom stereocenters. The summed E-state index contributed by atoms with van der Waals surface area (Å²) >= 11 is 3.49. The van der Waals surface area contributed by atoms with E-state index in [1.165, 1.54) is 14.7 Å². The van der Waals surface area contributed by atoms with Gasteiger partial charge in [0.1, 0.15) is 0 Å². The van der Waals surface area contributed by atoms with Crippen LogP contribution in [0.4, 0.5) is 11.4 Å². The van der Waals surface area contributed by atoms with Crippen molar-refractivity contribution >= 4 is 34.9 Å². The van der Waals surface area contributed by atoms with Crippen molar-refractivity contribution in [3.63, 3.8) is 0 Å². The number of aromatic nitrogens is 2. The Morgan fingerprint density at radius 2 is 1.87 bits per heavy atom. The fourth-order valence-corrected chi connectivity index (χ4v) is 7.21. The molecule has 2 aliphatic heterocycles. The minimum Gasteiger partial charge on any atom is -0.378 e. The third-order valence-electron chi connectivity index (χ3n) is 6.69. The predicted molar refractivity (Wildman–Crippen MR) is 155 cm³/mol. The Morgan fingerprint density at radius 1 is 1.03 bits per heavy atom. The number of ether oxygens (including phenoxy) is 1. The first-order valence-electron chi connectivity index (χ1n) is 12.7. The highest BCUT2D eigenvalue weighted by atomic mass is 32.2. The number of H-pyrrole nitrogens is 1. The molecule has 0 radical (unpaired) electrons. The van der Waals surface area contributed by atoms with Crippen LogP contribution in [-0.2, 0) is 4.74 Å². The van der Waals surface area contributed by atoms with Crippen LogP contribution in [0.25, 0.3) is 11.3 Å². The fourth-order valence-electron chi connectivity index (χ4n) is 4.79. The zero-order valence-corrected chi connectivity index (χ0v) is 22.7. The highest BCUT2D eigenvalue weighted by Gasteiger charge is 2.23. The van der Waals surface area contributed by atoms with Crippen LogP contribution < -0.4 is 21.5 Å². The predicted octanol–water partition coefficient (Wildman–Crippen LogP) is 5.31. The van der Waals surface area contributed by atoms with Crippen LogP contribution in [0.1, 0.15) is 17.4 Å². The lowest BCUT2D eigenvalue weighted by atomic mass is 10.1. The van der Waals surface area contributed by atoms with E-state index in [0.717, 1.165) is 52.0 Å². The van der Waals surface area contributed by atoms with E-state index in [4.69, 9.17) is 10.5 Å². The van der Waals surface area contributed by atoms with Crippen molar-refractivity contribution in [1.29, 1.82) is 0 Å². The van der Waals surface area contributed by atoms with E-state index in [9.17, 15) is 4.79 Å². The molecule has 1 saturated heterocycles. The van der Waals surface area contributed by atoms with Gasteiger partial charge in [0.05, 0.1) is 30.6 Å². The number of nitrogens with two attached hydrogens (primary N) is 1. The van der Waals surface area contributed by atoms with E-state index in [2.05, 4.69) is 62.6 Å². The Hall–Kier alpha value is -3.24. The summed E-state index contributed by atoms with van der Waals surface area (Å²) in [5, 5.41) is 3.56. The zero-order chi connectivity index (χ0) is 26.1. The number of pyridine rings is 2. The van der Waals surface area contributed by atoms with Crippen molar-refractivity contribution in [1.82, 2.24) is 9.97 Å². The van der Waals surface area contributed by atoms with Gasteiger partial charge in [-0.1, -0.05) is 41.7 Å². The van der Waals surface area contributed by atoms with Crippen LogP contribution in [0, 0.1) is 6.92 Å². The van der Waals surface area contributed by atoms with Crippen LogP contribution in [0.15, 0.2) is 91.1 Å². The molecule has 6 rings (SSSR count). The van der Waals surface area contributed by atoms with Gasteiger partial charge in [-0.25, -0.2) is 0 Å². The van der Waals surface area contributed by atoms with Gasteiger partial charge < -0.3 is 25.7 Å². The first kappa shape index (κ1) is 25.1. The maximum atomic E-state index is 12.6. The van der Waals surface area contributed by atoms with Crippen LogP contribution in [0.3, 0.4) is 0 Å². The second-order valence-corrected chi connectivity index (χ2v) is 11.5. The molecular weight excluding hydrogens is 514 g/mol. The molecule has 4 heterocycles. The average molecular weight is 544 g/mol. The largest absolute Gasteiger partial charge is 0.378 e. The summed E-state index contributed by atoms with van der Waals surface area (Å²) in [5.41, 5.74) is 11.7. The monoisotopic (exact) mass is 543 g/mol. The maximum absolute atomic E-state index is 12.6. The van der Waals surface area contributed by atoms with Crippen molar-refractivity contribution in [3.05, 3.63) is 88.5 Å². The molecule has 4 aromatic rings. The van der Waals surface area contributed by atoms with Gasteiger partial charge in [0.2, 0.25) is 5.56 Å². The van der Waals surface area contributed by atoms with E-state index in [0.29, 0.717) is 19.8 Å². The molecule has 0 spiro atoms. The molecule has 0 saturated carbocycles. The molecule has 0 bridgehead atoms. The number of nitrogens with zero attached hydrogens (tertiary/aromatic N) is 2. The minimum absolute atomic E-state index is 0.0661. The topological polar surface area (TPSA) is 96.3 Å². The first-order chi connectivity index (χ1) is 18.6. The van der Waals surface area contributed by atoms with Crippen LogP contribution in [0.5, 0.6) is 0 Å². The van der Waals surface area contributed by atoms with Gasteiger partial charge in [0, 0.05) is 67.9 Å². The lowest BCUT2D eigenvalue weighted by Gasteiger charge is -2.29. The van der Waals surface area contributed by atoms with Gasteiger partial charge >= 0.3 is 0 Å². The van der Waals surface area contributed by atoms with E-state index in [-0.39, 0.29) is 11.6 Å². The maximum Gasteiger partial charge on any atom is 0.250 e. The minimum atomic E-state index is -0.0938. The average Bonchev–Trinajstić information content (AvgIpc) is 2.94. The Bertz CT molecular complexity index is 1530. The molecule has 38 heavy (non-hydrogen) atoms.